The fourth-order valence-corrected chi connectivity index (χ4v) is 3.03. The summed E-state index contributed by atoms with van der Waals surface area (Å²) < 4.78 is 23.3. The molecule has 0 aliphatic carbocycles. The molecule has 3 amide bonds. The topological polar surface area (TPSA) is 193 Å². The number of imidazole rings is 2. The Balaban J connectivity index is 0.000000469. The van der Waals surface area contributed by atoms with Crippen molar-refractivity contribution in [2.45, 2.75) is 86.0 Å². The van der Waals surface area contributed by atoms with E-state index >= 15 is 0 Å². The maximum atomic E-state index is 12.7. The van der Waals surface area contributed by atoms with E-state index in [2.05, 4.69) is 15.3 Å². The Morgan fingerprint density at radius 2 is 1.23 bits per heavy atom. The number of ether oxygens (including phenoxy) is 4. The molecule has 16 heteroatoms. The van der Waals surface area contributed by atoms with Gasteiger partial charge in [0.25, 0.3) is 0 Å². The van der Waals surface area contributed by atoms with Crippen molar-refractivity contribution < 1.29 is 48.0 Å². The summed E-state index contributed by atoms with van der Waals surface area (Å²) in [7, 11) is 3.11. The Labute approximate surface area is 250 Å². The summed E-state index contributed by atoms with van der Waals surface area (Å²) in [5, 5.41) is 11.2. The molecule has 43 heavy (non-hydrogen) atoms. The van der Waals surface area contributed by atoms with E-state index in [0.29, 0.717) is 4.90 Å². The summed E-state index contributed by atoms with van der Waals surface area (Å²) in [4.78, 5) is 68.1. The minimum atomic E-state index is -1.21. The number of carbonyl (C=O) groups is 5. The number of carboxylic acids is 1. The third-order valence-electron chi connectivity index (χ3n) is 4.50. The van der Waals surface area contributed by atoms with Gasteiger partial charge >= 0.3 is 30.2 Å². The number of hydrogen-bond donors (Lipinski definition) is 2. The number of rotatable bonds is 5. The highest BCUT2D eigenvalue weighted by molar-refractivity contribution is 6.12. The SMILES string of the molecule is CCOC(=O)c1ncn(C)c1N(C(=O)OC(C)(C)C)C(=O)OC(C)(C)C.Cn1cnc(C(=O)O)c1NC(=O)OC(C)(C)C. The summed E-state index contributed by atoms with van der Waals surface area (Å²) >= 11 is 0. The van der Waals surface area contributed by atoms with Crippen molar-refractivity contribution in [1.29, 1.82) is 0 Å². The van der Waals surface area contributed by atoms with Crippen LogP contribution in [0, 0.1) is 0 Å². The molecule has 240 valence electrons. The molecular weight excluding hydrogens is 568 g/mol. The van der Waals surface area contributed by atoms with Crippen LogP contribution in [0.2, 0.25) is 0 Å². The van der Waals surface area contributed by atoms with E-state index < -0.39 is 47.0 Å². The van der Waals surface area contributed by atoms with Crippen LogP contribution in [0.4, 0.5) is 26.0 Å². The van der Waals surface area contributed by atoms with Crippen molar-refractivity contribution in [3.63, 3.8) is 0 Å². The first-order valence-electron chi connectivity index (χ1n) is 13.2. The molecule has 0 unspecified atom stereocenters. The van der Waals surface area contributed by atoms with Gasteiger partial charge < -0.3 is 33.2 Å². The van der Waals surface area contributed by atoms with E-state index in [1.54, 1.807) is 76.3 Å². The quantitative estimate of drug-likeness (QED) is 0.349. The molecule has 16 nitrogen and oxygen atoms in total. The number of anilines is 2. The average Bonchev–Trinajstić information content (AvgIpc) is 3.34. The summed E-state index contributed by atoms with van der Waals surface area (Å²) in [5.74, 6) is -1.98. The summed E-state index contributed by atoms with van der Waals surface area (Å²) in [5.41, 5.74) is -2.78. The molecule has 0 saturated carbocycles. The first kappa shape index (κ1) is 36.4. The van der Waals surface area contributed by atoms with Crippen molar-refractivity contribution in [2.75, 3.05) is 16.8 Å². The van der Waals surface area contributed by atoms with Gasteiger partial charge in [-0.1, -0.05) is 0 Å². The number of amides is 3. The van der Waals surface area contributed by atoms with Crippen LogP contribution in [0.3, 0.4) is 0 Å². The highest BCUT2D eigenvalue weighted by Gasteiger charge is 2.38. The van der Waals surface area contributed by atoms with Crippen LogP contribution in [0.5, 0.6) is 0 Å². The maximum absolute atomic E-state index is 12.7. The number of carbonyl (C=O) groups excluding carboxylic acids is 4. The molecule has 0 spiro atoms. The first-order chi connectivity index (χ1) is 19.5. The fraction of sp³-hybridized carbons (Fsp3) is 0.593. The number of nitrogens with zero attached hydrogens (tertiary/aromatic N) is 5. The molecule has 2 heterocycles. The lowest BCUT2D eigenvalue weighted by Crippen LogP contribution is -2.45. The van der Waals surface area contributed by atoms with Crippen LogP contribution in [-0.4, -0.2) is 77.8 Å². The number of imide groups is 1. The highest BCUT2D eigenvalue weighted by atomic mass is 16.6. The number of carboxylic acid groups (broad SMARTS) is 1. The van der Waals surface area contributed by atoms with Gasteiger partial charge in [-0.15, -0.1) is 0 Å². The minimum absolute atomic E-state index is 0.0896. The van der Waals surface area contributed by atoms with Gasteiger partial charge in [0.15, 0.2) is 17.2 Å². The second-order valence-corrected chi connectivity index (χ2v) is 12.0. The third kappa shape index (κ3) is 11.6. The van der Waals surface area contributed by atoms with Crippen molar-refractivity contribution in [1.82, 2.24) is 19.1 Å². The molecule has 2 aromatic rings. The largest absolute Gasteiger partial charge is 0.476 e. The van der Waals surface area contributed by atoms with Gasteiger partial charge in [0.1, 0.15) is 22.6 Å². The van der Waals surface area contributed by atoms with Crippen LogP contribution >= 0.6 is 0 Å². The lowest BCUT2D eigenvalue weighted by Gasteiger charge is -2.28. The van der Waals surface area contributed by atoms with Crippen LogP contribution in [-0.2, 0) is 33.0 Å². The molecule has 0 saturated heterocycles. The predicted octanol–water partition coefficient (Wildman–Crippen LogP) is 4.74. The molecule has 0 aliphatic rings. The maximum Gasteiger partial charge on any atom is 0.425 e. The van der Waals surface area contributed by atoms with Crippen molar-refractivity contribution in [2.24, 2.45) is 14.1 Å². The van der Waals surface area contributed by atoms with Crippen molar-refractivity contribution in [3.05, 3.63) is 24.0 Å². The summed E-state index contributed by atoms with van der Waals surface area (Å²) in [6.45, 7) is 16.9. The number of nitrogens with one attached hydrogen (secondary N) is 1. The Bertz CT molecular complexity index is 1300. The van der Waals surface area contributed by atoms with Gasteiger partial charge in [-0.3, -0.25) is 5.32 Å². The van der Waals surface area contributed by atoms with E-state index in [1.807, 2.05) is 0 Å². The second kappa shape index (κ2) is 14.0. The lowest BCUT2D eigenvalue weighted by molar-refractivity contribution is 0.0425. The van der Waals surface area contributed by atoms with E-state index in [4.69, 9.17) is 24.1 Å². The Kier molecular flexibility index (Phi) is 11.9. The number of aromatic carboxylic acids is 1. The smallest absolute Gasteiger partial charge is 0.425 e. The molecule has 0 radical (unpaired) electrons. The highest BCUT2D eigenvalue weighted by Crippen LogP contribution is 2.25. The van der Waals surface area contributed by atoms with Crippen molar-refractivity contribution >= 4 is 41.9 Å². The van der Waals surface area contributed by atoms with Gasteiger partial charge in [0.05, 0.1) is 19.3 Å². The predicted molar refractivity (Wildman–Crippen MR) is 154 cm³/mol. The lowest BCUT2D eigenvalue weighted by atomic mass is 10.2. The van der Waals surface area contributed by atoms with Crippen LogP contribution < -0.4 is 10.2 Å². The molecule has 0 atom stereocenters. The fourth-order valence-electron chi connectivity index (χ4n) is 3.03. The average molecular weight is 611 g/mol. The van der Waals surface area contributed by atoms with E-state index in [1.165, 1.54) is 28.8 Å². The Morgan fingerprint density at radius 1 is 0.791 bits per heavy atom. The van der Waals surface area contributed by atoms with Crippen LogP contribution in [0.25, 0.3) is 0 Å². The van der Waals surface area contributed by atoms with Gasteiger partial charge in [0, 0.05) is 14.1 Å². The van der Waals surface area contributed by atoms with Crippen LogP contribution in [0.1, 0.15) is 90.2 Å². The molecule has 2 aromatic heterocycles. The van der Waals surface area contributed by atoms with Gasteiger partial charge in [-0.2, -0.15) is 4.90 Å². The van der Waals surface area contributed by atoms with Gasteiger partial charge in [-0.25, -0.2) is 33.9 Å². The van der Waals surface area contributed by atoms with Crippen LogP contribution in [0.15, 0.2) is 12.7 Å². The van der Waals surface area contributed by atoms with E-state index in [-0.39, 0.29) is 29.6 Å². The molecule has 0 fully saturated rings. The molecule has 2 rings (SSSR count). The monoisotopic (exact) mass is 610 g/mol. The van der Waals surface area contributed by atoms with E-state index in [9.17, 15) is 24.0 Å². The zero-order chi connectivity index (χ0) is 33.5. The second-order valence-electron chi connectivity index (χ2n) is 12.0. The first-order valence-corrected chi connectivity index (χ1v) is 13.2. The Morgan fingerprint density at radius 3 is 1.65 bits per heavy atom. The van der Waals surface area contributed by atoms with Gasteiger partial charge in [0.2, 0.25) is 0 Å². The van der Waals surface area contributed by atoms with E-state index in [0.717, 1.165) is 0 Å². The molecule has 0 bridgehead atoms. The zero-order valence-corrected chi connectivity index (χ0v) is 26.7. The summed E-state index contributed by atoms with van der Waals surface area (Å²) in [6.07, 6.45) is -0.0927. The standard InChI is InChI=1S/C17H27N3O6.C10H15N3O4/c1-9-24-13(21)11-12(19(8)10-18-11)20(14(22)25-16(2,3)4)15(23)26-17(5,6)7;1-10(2,3)17-9(16)12-7-6(8(14)15)11-5-13(7)4/h10H,9H2,1-8H3;5H,1-4H3,(H,12,16)(H,14,15). The van der Waals surface area contributed by atoms with Gasteiger partial charge in [-0.05, 0) is 69.2 Å². The minimum Gasteiger partial charge on any atom is -0.476 e. The molecule has 0 aliphatic heterocycles. The normalized spacial score (nSPS) is 11.4. The van der Waals surface area contributed by atoms with Crippen molar-refractivity contribution in [3.8, 4) is 0 Å². The number of hydrogen-bond acceptors (Lipinski definition) is 11. The number of aromatic nitrogens is 4. The zero-order valence-electron chi connectivity index (χ0n) is 26.7. The molecular formula is C27H42N6O10. The Hall–Kier alpha value is -4.63. The number of aryl methyl sites for hydroxylation is 2. The summed E-state index contributed by atoms with van der Waals surface area (Å²) in [6, 6.07) is 0. The number of esters is 1. The molecule has 0 aromatic carbocycles. The third-order valence-corrected chi connectivity index (χ3v) is 4.50. The molecule has 2 N–H and O–H groups in total.